The fraction of sp³-hybridized carbons (Fsp3) is 0.467. The smallest absolute Gasteiger partial charge is 0.417 e. The molecule has 2 rings (SSSR count). The first kappa shape index (κ1) is 36.9. The molecule has 16 heteroatoms. The molecule has 0 unspecified atom stereocenters. The van der Waals surface area contributed by atoms with Gasteiger partial charge in [0.2, 0.25) is 11.8 Å². The highest BCUT2D eigenvalue weighted by atomic mass is 16.6. The Morgan fingerprint density at radius 2 is 0.978 bits per heavy atom. The molecule has 0 spiro atoms. The molecule has 0 fully saturated rings. The van der Waals surface area contributed by atoms with Crippen molar-refractivity contribution in [3.05, 3.63) is 48.0 Å². The van der Waals surface area contributed by atoms with Gasteiger partial charge in [-0.3, -0.25) is 9.59 Å². The van der Waals surface area contributed by atoms with Crippen molar-refractivity contribution in [2.45, 2.75) is 65.6 Å². The molecule has 0 atom stereocenters. The van der Waals surface area contributed by atoms with Gasteiger partial charge < -0.3 is 30.4 Å². The minimum atomic E-state index is -1.03. The monoisotopic (exact) mass is 644 g/mol. The first-order valence-electron chi connectivity index (χ1n) is 14.2. The maximum Gasteiger partial charge on any atom is 0.417 e. The van der Waals surface area contributed by atoms with Crippen LogP contribution in [0, 0.1) is 0 Å². The van der Waals surface area contributed by atoms with E-state index in [9.17, 15) is 28.8 Å². The van der Waals surface area contributed by atoms with Crippen LogP contribution in [-0.2, 0) is 28.5 Å². The predicted molar refractivity (Wildman–Crippen MR) is 163 cm³/mol. The first-order chi connectivity index (χ1) is 21.4. The highest BCUT2D eigenvalue weighted by Gasteiger charge is 2.31. The lowest BCUT2D eigenvalue weighted by atomic mass is 10.2. The number of nitrogen functional groups attached to an aromatic ring is 2. The van der Waals surface area contributed by atoms with Crippen molar-refractivity contribution in [1.82, 2.24) is 19.8 Å². The Morgan fingerprint density at radius 3 is 1.26 bits per heavy atom. The third kappa shape index (κ3) is 12.8. The molecule has 2 aromatic heterocycles. The van der Waals surface area contributed by atoms with Crippen molar-refractivity contribution in [1.29, 1.82) is 0 Å². The van der Waals surface area contributed by atoms with Crippen molar-refractivity contribution in [3.8, 4) is 0 Å². The van der Waals surface area contributed by atoms with E-state index in [0.717, 1.165) is 0 Å². The number of amides is 4. The number of ether oxygens (including phenoxy) is 4. The van der Waals surface area contributed by atoms with Crippen molar-refractivity contribution in [3.63, 3.8) is 0 Å². The van der Waals surface area contributed by atoms with E-state index in [4.69, 9.17) is 30.4 Å². The van der Waals surface area contributed by atoms with Gasteiger partial charge in [0.1, 0.15) is 35.8 Å². The van der Waals surface area contributed by atoms with E-state index >= 15 is 0 Å². The molecule has 4 N–H and O–H groups in total. The van der Waals surface area contributed by atoms with Crippen LogP contribution in [0.15, 0.2) is 36.7 Å². The fourth-order valence-corrected chi connectivity index (χ4v) is 3.41. The van der Waals surface area contributed by atoms with Crippen LogP contribution in [0.5, 0.6) is 0 Å². The van der Waals surface area contributed by atoms with Crippen LogP contribution in [0.3, 0.4) is 0 Å². The Kier molecular flexibility index (Phi) is 13.0. The van der Waals surface area contributed by atoms with Crippen LogP contribution in [0.1, 0.15) is 75.4 Å². The van der Waals surface area contributed by atoms with Gasteiger partial charge in [-0.15, -0.1) is 0 Å². The normalized spacial score (nSPS) is 11.2. The molecular weight excluding hydrogens is 604 g/mol. The maximum absolute atomic E-state index is 13.1. The predicted octanol–water partition coefficient (Wildman–Crippen LogP) is 2.96. The SMILES string of the molecule is CC(C)(C)OC(=O)N(CCOC(=O)c1ccc(N)cn1)C(=O)CCC(=O)N(CCOC(=O)c1ccc(N)cn1)C(=O)OC(C)(C)C. The van der Waals surface area contributed by atoms with Gasteiger partial charge in [0.15, 0.2) is 0 Å². The Morgan fingerprint density at radius 1 is 0.630 bits per heavy atom. The van der Waals surface area contributed by atoms with E-state index < -0.39 is 86.3 Å². The molecule has 0 bridgehead atoms. The quantitative estimate of drug-likeness (QED) is 0.265. The lowest BCUT2D eigenvalue weighted by Gasteiger charge is -2.27. The number of carbonyl (C=O) groups is 6. The summed E-state index contributed by atoms with van der Waals surface area (Å²) in [6.07, 6.45) is -0.574. The number of nitrogens with two attached hydrogens (primary N) is 2. The van der Waals surface area contributed by atoms with Gasteiger partial charge in [0, 0.05) is 12.8 Å². The number of nitrogens with zero attached hydrogens (tertiary/aromatic N) is 4. The topological polar surface area (TPSA) is 224 Å². The molecule has 0 saturated carbocycles. The number of imide groups is 2. The fourth-order valence-electron chi connectivity index (χ4n) is 3.41. The number of rotatable bonds is 11. The van der Waals surface area contributed by atoms with Crippen LogP contribution in [-0.4, -0.2) is 93.2 Å². The second-order valence-electron chi connectivity index (χ2n) is 11.8. The second kappa shape index (κ2) is 16.2. The highest BCUT2D eigenvalue weighted by Crippen LogP contribution is 2.15. The molecule has 2 heterocycles. The van der Waals surface area contributed by atoms with Gasteiger partial charge >= 0.3 is 24.1 Å². The van der Waals surface area contributed by atoms with E-state index in [2.05, 4.69) is 9.97 Å². The average Bonchev–Trinajstić information content (AvgIpc) is 2.94. The zero-order chi connectivity index (χ0) is 34.7. The van der Waals surface area contributed by atoms with Gasteiger partial charge in [0.05, 0.1) is 36.9 Å². The Balaban J connectivity index is 2.08. The summed E-state index contributed by atoms with van der Waals surface area (Å²) >= 11 is 0. The molecule has 0 saturated heterocycles. The molecule has 46 heavy (non-hydrogen) atoms. The minimum absolute atomic E-state index is 0.0346. The van der Waals surface area contributed by atoms with Gasteiger partial charge in [-0.25, -0.2) is 38.9 Å². The summed E-state index contributed by atoms with van der Waals surface area (Å²) in [6.45, 7) is 7.98. The van der Waals surface area contributed by atoms with E-state index in [1.165, 1.54) is 36.7 Å². The van der Waals surface area contributed by atoms with Gasteiger partial charge in [-0.2, -0.15) is 0 Å². The lowest BCUT2D eigenvalue weighted by Crippen LogP contribution is -2.45. The summed E-state index contributed by atoms with van der Waals surface area (Å²) in [7, 11) is 0. The van der Waals surface area contributed by atoms with Crippen molar-refractivity contribution >= 4 is 47.3 Å². The summed E-state index contributed by atoms with van der Waals surface area (Å²) < 4.78 is 20.9. The summed E-state index contributed by atoms with van der Waals surface area (Å²) in [5.74, 6) is -3.30. The van der Waals surface area contributed by atoms with Crippen LogP contribution in [0.25, 0.3) is 0 Å². The van der Waals surface area contributed by atoms with Crippen LogP contribution in [0.2, 0.25) is 0 Å². The summed E-state index contributed by atoms with van der Waals surface area (Å²) in [5.41, 5.74) is 9.81. The lowest BCUT2D eigenvalue weighted by molar-refractivity contribution is -0.136. The molecule has 0 aliphatic carbocycles. The number of hydrogen-bond donors (Lipinski definition) is 2. The highest BCUT2D eigenvalue weighted by molar-refractivity contribution is 5.97. The molecule has 250 valence electrons. The zero-order valence-corrected chi connectivity index (χ0v) is 26.7. The largest absolute Gasteiger partial charge is 0.459 e. The van der Waals surface area contributed by atoms with E-state index in [-0.39, 0.29) is 11.4 Å². The van der Waals surface area contributed by atoms with Gasteiger partial charge in [-0.05, 0) is 65.8 Å². The summed E-state index contributed by atoms with van der Waals surface area (Å²) in [4.78, 5) is 85.7. The molecule has 16 nitrogen and oxygen atoms in total. The summed E-state index contributed by atoms with van der Waals surface area (Å²) in [5, 5.41) is 0. The molecule has 0 aromatic carbocycles. The maximum atomic E-state index is 13.1. The molecular formula is C30H40N6O10. The number of carbonyl (C=O) groups excluding carboxylic acids is 6. The minimum Gasteiger partial charge on any atom is -0.459 e. The Hall–Kier alpha value is -5.28. The van der Waals surface area contributed by atoms with Crippen LogP contribution >= 0.6 is 0 Å². The van der Waals surface area contributed by atoms with Crippen molar-refractivity contribution in [2.75, 3.05) is 37.8 Å². The van der Waals surface area contributed by atoms with Gasteiger partial charge in [0.25, 0.3) is 0 Å². The van der Waals surface area contributed by atoms with Crippen LogP contribution < -0.4 is 11.5 Å². The second-order valence-corrected chi connectivity index (χ2v) is 11.8. The average molecular weight is 645 g/mol. The third-order valence-electron chi connectivity index (χ3n) is 5.47. The number of anilines is 2. The standard InChI is InChI=1S/C30H40N6O10/c1-29(2,3)45-27(41)35(13-15-43-25(39)21-9-7-19(31)17-33-21)23(37)11-12-24(38)36(28(42)46-30(4,5)6)14-16-44-26(40)22-10-8-20(32)18-34-22/h7-10,17-18H,11-16,31-32H2,1-6H3. The Labute approximate surface area is 266 Å². The molecule has 0 radical (unpaired) electrons. The van der Waals surface area contributed by atoms with Crippen molar-refractivity contribution in [2.24, 2.45) is 0 Å². The van der Waals surface area contributed by atoms with Gasteiger partial charge in [-0.1, -0.05) is 0 Å². The summed E-state index contributed by atoms with van der Waals surface area (Å²) in [6, 6.07) is 5.62. The number of aromatic nitrogens is 2. The first-order valence-corrected chi connectivity index (χ1v) is 14.2. The van der Waals surface area contributed by atoms with E-state index in [0.29, 0.717) is 21.2 Å². The van der Waals surface area contributed by atoms with E-state index in [1.54, 1.807) is 41.5 Å². The number of hydrogen-bond acceptors (Lipinski definition) is 14. The molecule has 0 aliphatic rings. The molecule has 4 amide bonds. The number of pyridine rings is 2. The molecule has 0 aliphatic heterocycles. The van der Waals surface area contributed by atoms with Crippen molar-refractivity contribution < 1.29 is 47.7 Å². The third-order valence-corrected chi connectivity index (χ3v) is 5.47. The van der Waals surface area contributed by atoms with E-state index in [1.807, 2.05) is 0 Å². The molecule has 2 aromatic rings. The zero-order valence-electron chi connectivity index (χ0n) is 26.7. The van der Waals surface area contributed by atoms with Crippen LogP contribution in [0.4, 0.5) is 21.0 Å². The number of esters is 2. The Bertz CT molecular complexity index is 1290.